The number of benzene rings is 1. The topological polar surface area (TPSA) is 52.9 Å². The van der Waals surface area contributed by atoms with Crippen molar-refractivity contribution in [1.82, 2.24) is 5.32 Å². The number of fused-ring (bicyclic) bond motifs is 1. The highest BCUT2D eigenvalue weighted by molar-refractivity contribution is 5.98. The molecule has 0 atom stereocenters. The van der Waals surface area contributed by atoms with Crippen LogP contribution in [0.2, 0.25) is 0 Å². The molecule has 1 aromatic rings. The van der Waals surface area contributed by atoms with Gasteiger partial charge in [0.25, 0.3) is 5.91 Å². The molecule has 0 spiro atoms. The van der Waals surface area contributed by atoms with Crippen molar-refractivity contribution in [2.75, 3.05) is 0 Å². The third-order valence-corrected chi connectivity index (χ3v) is 2.19. The number of nitriles is 1. The number of hydrogen-bond acceptors (Lipinski definition) is 2. The van der Waals surface area contributed by atoms with Gasteiger partial charge in [-0.2, -0.15) is 5.26 Å². The standard InChI is InChI=1S/C12H8N2O/c13-6-2-1-3-9-4-5-10-8-14-12(15)11(10)7-9/h4-5,7H,2,8H2,(H,14,15). The maximum Gasteiger partial charge on any atom is 0.251 e. The zero-order valence-corrected chi connectivity index (χ0v) is 8.00. The van der Waals surface area contributed by atoms with Crippen LogP contribution in [0.25, 0.3) is 0 Å². The van der Waals surface area contributed by atoms with Crippen molar-refractivity contribution in [2.45, 2.75) is 13.0 Å². The second-order valence-corrected chi connectivity index (χ2v) is 3.19. The summed E-state index contributed by atoms with van der Waals surface area (Å²) < 4.78 is 0. The van der Waals surface area contributed by atoms with Crippen molar-refractivity contribution < 1.29 is 4.79 Å². The van der Waals surface area contributed by atoms with Gasteiger partial charge in [0, 0.05) is 17.7 Å². The van der Waals surface area contributed by atoms with Crippen LogP contribution in [0.15, 0.2) is 18.2 Å². The lowest BCUT2D eigenvalue weighted by Gasteiger charge is -1.95. The summed E-state index contributed by atoms with van der Waals surface area (Å²) in [5, 5.41) is 11.1. The Hall–Kier alpha value is -2.26. The highest BCUT2D eigenvalue weighted by atomic mass is 16.1. The third-order valence-electron chi connectivity index (χ3n) is 2.19. The van der Waals surface area contributed by atoms with Crippen molar-refractivity contribution >= 4 is 5.91 Å². The molecule has 1 N–H and O–H groups in total. The van der Waals surface area contributed by atoms with E-state index in [1.54, 1.807) is 6.07 Å². The first-order valence-corrected chi connectivity index (χ1v) is 4.58. The van der Waals surface area contributed by atoms with E-state index in [-0.39, 0.29) is 12.3 Å². The van der Waals surface area contributed by atoms with Crippen molar-refractivity contribution in [2.24, 2.45) is 0 Å². The van der Waals surface area contributed by atoms with Crippen LogP contribution in [-0.4, -0.2) is 5.91 Å². The molecule has 1 heterocycles. The van der Waals surface area contributed by atoms with Crippen molar-refractivity contribution in [3.8, 4) is 17.9 Å². The molecule has 0 aromatic heterocycles. The first kappa shape index (κ1) is 9.30. The van der Waals surface area contributed by atoms with E-state index in [1.165, 1.54) is 0 Å². The molecule has 1 aliphatic heterocycles. The molecular formula is C12H8N2O. The summed E-state index contributed by atoms with van der Waals surface area (Å²) in [6.45, 7) is 0.597. The van der Waals surface area contributed by atoms with Crippen molar-refractivity contribution in [3.63, 3.8) is 0 Å². The van der Waals surface area contributed by atoms with Gasteiger partial charge in [0.2, 0.25) is 0 Å². The second kappa shape index (κ2) is 3.86. The summed E-state index contributed by atoms with van der Waals surface area (Å²) in [7, 11) is 0. The van der Waals surface area contributed by atoms with Gasteiger partial charge in [0.1, 0.15) is 0 Å². The molecule has 3 nitrogen and oxygen atoms in total. The minimum absolute atomic E-state index is 0.0473. The summed E-state index contributed by atoms with van der Waals surface area (Å²) in [6, 6.07) is 7.47. The normalized spacial score (nSPS) is 12.1. The smallest absolute Gasteiger partial charge is 0.251 e. The van der Waals surface area contributed by atoms with E-state index < -0.39 is 0 Å². The Kier molecular flexibility index (Phi) is 2.39. The Bertz CT molecular complexity index is 515. The molecule has 0 saturated heterocycles. The summed E-state index contributed by atoms with van der Waals surface area (Å²) in [5.74, 6) is 5.51. The summed E-state index contributed by atoms with van der Waals surface area (Å²) in [6.07, 6.45) is 0.212. The van der Waals surface area contributed by atoms with Gasteiger partial charge < -0.3 is 5.32 Å². The van der Waals surface area contributed by atoms with Crippen LogP contribution in [0.3, 0.4) is 0 Å². The monoisotopic (exact) mass is 196 g/mol. The van der Waals surface area contributed by atoms with Crippen LogP contribution in [0.4, 0.5) is 0 Å². The molecule has 0 saturated carbocycles. The molecule has 0 radical (unpaired) electrons. The SMILES string of the molecule is N#CCC#Cc1ccc2c(c1)C(=O)NC2. The second-order valence-electron chi connectivity index (χ2n) is 3.19. The first-order chi connectivity index (χ1) is 7.31. The average molecular weight is 196 g/mol. The minimum atomic E-state index is -0.0473. The molecular weight excluding hydrogens is 188 g/mol. The van der Waals surface area contributed by atoms with Gasteiger partial charge in [-0.1, -0.05) is 17.9 Å². The third kappa shape index (κ3) is 1.82. The summed E-state index contributed by atoms with van der Waals surface area (Å²) >= 11 is 0. The molecule has 3 heteroatoms. The number of rotatable bonds is 0. The van der Waals surface area contributed by atoms with E-state index in [2.05, 4.69) is 17.2 Å². The number of hydrogen-bond donors (Lipinski definition) is 1. The van der Waals surface area contributed by atoms with Gasteiger partial charge >= 0.3 is 0 Å². The predicted octanol–water partition coefficient (Wildman–Crippen LogP) is 1.20. The van der Waals surface area contributed by atoms with Gasteiger partial charge in [-0.3, -0.25) is 4.79 Å². The number of nitrogens with zero attached hydrogens (tertiary/aromatic N) is 1. The molecule has 0 unspecified atom stereocenters. The summed E-state index contributed by atoms with van der Waals surface area (Å²) in [4.78, 5) is 11.3. The quantitative estimate of drug-likeness (QED) is 0.634. The molecule has 0 aliphatic carbocycles. The lowest BCUT2D eigenvalue weighted by atomic mass is 10.1. The molecule has 72 valence electrons. The van der Waals surface area contributed by atoms with Gasteiger partial charge in [-0.25, -0.2) is 0 Å². The number of amides is 1. The average Bonchev–Trinajstić information content (AvgIpc) is 2.61. The predicted molar refractivity (Wildman–Crippen MR) is 54.7 cm³/mol. The first-order valence-electron chi connectivity index (χ1n) is 4.58. The molecule has 15 heavy (non-hydrogen) atoms. The van der Waals surface area contributed by atoms with E-state index in [9.17, 15) is 4.79 Å². The van der Waals surface area contributed by atoms with Crippen LogP contribution in [0, 0.1) is 23.2 Å². The summed E-state index contributed by atoms with van der Waals surface area (Å²) in [5.41, 5.74) is 2.48. The Morgan fingerprint density at radius 2 is 2.33 bits per heavy atom. The molecule has 2 rings (SSSR count). The van der Waals surface area contributed by atoms with E-state index in [0.717, 1.165) is 11.1 Å². The van der Waals surface area contributed by atoms with E-state index >= 15 is 0 Å². The minimum Gasteiger partial charge on any atom is -0.348 e. The van der Waals surface area contributed by atoms with Gasteiger partial charge in [-0.15, -0.1) is 0 Å². The number of nitrogens with one attached hydrogen (secondary N) is 1. The van der Waals surface area contributed by atoms with E-state index in [1.807, 2.05) is 18.2 Å². The van der Waals surface area contributed by atoms with Crippen molar-refractivity contribution in [1.29, 1.82) is 5.26 Å². The molecule has 1 aromatic carbocycles. The maximum absolute atomic E-state index is 11.3. The lowest BCUT2D eigenvalue weighted by Crippen LogP contribution is -2.12. The van der Waals surface area contributed by atoms with Crippen molar-refractivity contribution in [3.05, 3.63) is 34.9 Å². The van der Waals surface area contributed by atoms with Crippen LogP contribution in [-0.2, 0) is 6.54 Å². The zero-order chi connectivity index (χ0) is 10.7. The number of carbonyl (C=O) groups excluding carboxylic acids is 1. The fourth-order valence-corrected chi connectivity index (χ4v) is 1.48. The van der Waals surface area contributed by atoms with Crippen LogP contribution >= 0.6 is 0 Å². The lowest BCUT2D eigenvalue weighted by molar-refractivity contribution is 0.0965. The molecule has 1 aliphatic rings. The Balaban J connectivity index is 2.31. The highest BCUT2D eigenvalue weighted by Gasteiger charge is 2.17. The highest BCUT2D eigenvalue weighted by Crippen LogP contribution is 2.16. The van der Waals surface area contributed by atoms with Gasteiger partial charge in [0.05, 0.1) is 12.5 Å². The Morgan fingerprint density at radius 1 is 1.47 bits per heavy atom. The van der Waals surface area contributed by atoms with Gasteiger partial charge in [0.15, 0.2) is 0 Å². The molecule has 0 bridgehead atoms. The van der Waals surface area contributed by atoms with E-state index in [4.69, 9.17) is 5.26 Å². The molecule has 0 fully saturated rings. The number of carbonyl (C=O) groups is 1. The maximum atomic E-state index is 11.3. The zero-order valence-electron chi connectivity index (χ0n) is 8.00. The largest absolute Gasteiger partial charge is 0.348 e. The fourth-order valence-electron chi connectivity index (χ4n) is 1.48. The molecule has 1 amide bonds. The van der Waals surface area contributed by atoms with Crippen LogP contribution in [0.5, 0.6) is 0 Å². The fraction of sp³-hybridized carbons (Fsp3) is 0.167. The van der Waals surface area contributed by atoms with Gasteiger partial charge in [-0.05, 0) is 17.7 Å². The van der Waals surface area contributed by atoms with E-state index in [0.29, 0.717) is 12.1 Å². The van der Waals surface area contributed by atoms with Crippen LogP contribution < -0.4 is 5.32 Å². The Labute approximate surface area is 87.7 Å². The Morgan fingerprint density at radius 3 is 3.13 bits per heavy atom. The van der Waals surface area contributed by atoms with Crippen LogP contribution in [0.1, 0.15) is 27.9 Å².